The molecule has 13 heteroatoms. The molecule has 0 bridgehead atoms. The number of likely N-dealkylation sites (tertiary alicyclic amines) is 1. The molecule has 1 saturated heterocycles. The lowest BCUT2D eigenvalue weighted by Crippen LogP contribution is -2.29. The number of carbonyl (C=O) groups excluding carboxylic acids is 1. The molecule has 0 aliphatic carbocycles. The summed E-state index contributed by atoms with van der Waals surface area (Å²) in [5, 5.41) is 17.9. The van der Waals surface area contributed by atoms with Crippen LogP contribution >= 0.6 is 0 Å². The highest BCUT2D eigenvalue weighted by Crippen LogP contribution is 2.30. The molecule has 4 heterocycles. The Bertz CT molecular complexity index is 1420. The molecule has 5 rings (SSSR count). The first-order chi connectivity index (χ1) is 17.7. The molecular formula is C24H21F3N6O4. The van der Waals surface area contributed by atoms with Crippen LogP contribution in [0.1, 0.15) is 28.0 Å². The van der Waals surface area contributed by atoms with Crippen LogP contribution in [0.5, 0.6) is 5.88 Å². The number of pyridine rings is 1. The Morgan fingerprint density at radius 1 is 1.24 bits per heavy atom. The van der Waals surface area contributed by atoms with Crippen LogP contribution in [-0.4, -0.2) is 60.0 Å². The van der Waals surface area contributed by atoms with Crippen LogP contribution in [0.15, 0.2) is 53.3 Å². The Balaban J connectivity index is 1.33. The summed E-state index contributed by atoms with van der Waals surface area (Å²) in [6.07, 6.45) is -2.24. The van der Waals surface area contributed by atoms with Crippen molar-refractivity contribution in [2.45, 2.75) is 25.3 Å². The lowest BCUT2D eigenvalue weighted by atomic mass is 10.1. The quantitative estimate of drug-likeness (QED) is 0.416. The van der Waals surface area contributed by atoms with Gasteiger partial charge in [-0.3, -0.25) is 9.48 Å². The van der Waals surface area contributed by atoms with E-state index < -0.39 is 17.8 Å². The van der Waals surface area contributed by atoms with Crippen LogP contribution in [0.25, 0.3) is 22.8 Å². The van der Waals surface area contributed by atoms with Gasteiger partial charge in [-0.05, 0) is 24.6 Å². The van der Waals surface area contributed by atoms with Crippen molar-refractivity contribution >= 4 is 5.91 Å². The molecule has 1 N–H and O–H groups in total. The third-order valence-electron chi connectivity index (χ3n) is 5.96. The molecular weight excluding hydrogens is 493 g/mol. The molecule has 37 heavy (non-hydrogen) atoms. The van der Waals surface area contributed by atoms with Crippen molar-refractivity contribution < 1.29 is 32.3 Å². The summed E-state index contributed by atoms with van der Waals surface area (Å²) in [6, 6.07) is 8.83. The number of ether oxygens (including phenoxy) is 1. The standard InChI is InChI=1S/C24H21F3N6O4/c1-32-19(13-36-20-6-5-16(10-28-20)24(25,26)27)18(11-29-32)22-30-21(31-37-22)14-3-2-4-15(9-14)23(35)33-8-7-17(34)12-33/h2-6,9-11,17,34H,7-8,12-13H2,1H3/t17-/m1/s1. The topological polar surface area (TPSA) is 119 Å². The number of hydrogen-bond donors (Lipinski definition) is 1. The van der Waals surface area contributed by atoms with Gasteiger partial charge in [-0.25, -0.2) is 4.98 Å². The van der Waals surface area contributed by atoms with Crippen molar-refractivity contribution in [1.82, 2.24) is 29.8 Å². The van der Waals surface area contributed by atoms with E-state index in [4.69, 9.17) is 9.26 Å². The molecule has 10 nitrogen and oxygen atoms in total. The number of nitrogens with zero attached hydrogens (tertiary/aromatic N) is 6. The SMILES string of the molecule is Cn1ncc(-c2nc(-c3cccc(C(=O)N4CC[C@@H](O)C4)c3)no2)c1COc1ccc(C(F)(F)F)cn1. The molecule has 192 valence electrons. The van der Waals surface area contributed by atoms with Gasteiger partial charge >= 0.3 is 6.18 Å². The van der Waals surface area contributed by atoms with Crippen molar-refractivity contribution in [3.63, 3.8) is 0 Å². The molecule has 0 unspecified atom stereocenters. The van der Waals surface area contributed by atoms with Gasteiger partial charge in [0.25, 0.3) is 11.8 Å². The van der Waals surface area contributed by atoms with E-state index in [0.717, 1.165) is 12.1 Å². The summed E-state index contributed by atoms with van der Waals surface area (Å²) in [4.78, 5) is 22.5. The summed E-state index contributed by atoms with van der Waals surface area (Å²) < 4.78 is 50.8. The molecule has 1 aliphatic heterocycles. The first-order valence-corrected chi connectivity index (χ1v) is 11.3. The zero-order valence-electron chi connectivity index (χ0n) is 19.5. The van der Waals surface area contributed by atoms with Crippen LogP contribution < -0.4 is 4.74 Å². The van der Waals surface area contributed by atoms with Crippen LogP contribution in [0.3, 0.4) is 0 Å². The number of rotatable bonds is 6. The van der Waals surface area contributed by atoms with Crippen molar-refractivity contribution in [2.75, 3.05) is 13.1 Å². The van der Waals surface area contributed by atoms with Crippen molar-refractivity contribution in [1.29, 1.82) is 0 Å². The van der Waals surface area contributed by atoms with Crippen LogP contribution in [-0.2, 0) is 19.8 Å². The maximum absolute atomic E-state index is 12.8. The van der Waals surface area contributed by atoms with E-state index in [1.807, 2.05) is 0 Å². The molecule has 0 saturated carbocycles. The minimum Gasteiger partial charge on any atom is -0.471 e. The third-order valence-corrected chi connectivity index (χ3v) is 5.96. The lowest BCUT2D eigenvalue weighted by Gasteiger charge is -2.15. The van der Waals surface area contributed by atoms with E-state index in [-0.39, 0.29) is 30.1 Å². The smallest absolute Gasteiger partial charge is 0.417 e. The summed E-state index contributed by atoms with van der Waals surface area (Å²) in [7, 11) is 1.67. The van der Waals surface area contributed by atoms with Crippen molar-refractivity contribution in [2.24, 2.45) is 7.05 Å². The monoisotopic (exact) mass is 514 g/mol. The van der Waals surface area contributed by atoms with Gasteiger partial charge in [0.15, 0.2) is 0 Å². The van der Waals surface area contributed by atoms with Gasteiger partial charge in [0.1, 0.15) is 6.61 Å². The highest BCUT2D eigenvalue weighted by molar-refractivity contribution is 5.95. The second kappa shape index (κ2) is 9.65. The molecule has 1 amide bonds. The second-order valence-electron chi connectivity index (χ2n) is 8.50. The first-order valence-electron chi connectivity index (χ1n) is 11.3. The third kappa shape index (κ3) is 5.16. The highest BCUT2D eigenvalue weighted by Gasteiger charge is 2.31. The average Bonchev–Trinajstić information content (AvgIpc) is 3.62. The van der Waals surface area contributed by atoms with E-state index in [0.29, 0.717) is 48.1 Å². The normalized spacial score (nSPS) is 15.8. The molecule has 3 aromatic heterocycles. The number of hydrogen-bond acceptors (Lipinski definition) is 8. The zero-order chi connectivity index (χ0) is 26.2. The minimum atomic E-state index is -4.49. The Morgan fingerprint density at radius 2 is 2.08 bits per heavy atom. The predicted molar refractivity (Wildman–Crippen MR) is 122 cm³/mol. The van der Waals surface area contributed by atoms with Gasteiger partial charge in [-0.15, -0.1) is 0 Å². The number of halogens is 3. The van der Waals surface area contributed by atoms with Gasteiger partial charge in [0.2, 0.25) is 11.7 Å². The largest absolute Gasteiger partial charge is 0.471 e. The molecule has 1 atom stereocenters. The summed E-state index contributed by atoms with van der Waals surface area (Å²) in [5.74, 6) is 0.233. The summed E-state index contributed by atoms with van der Waals surface area (Å²) in [5.41, 5.74) is 1.15. The Kier molecular flexibility index (Phi) is 6.38. The van der Waals surface area contributed by atoms with Gasteiger partial charge in [0.05, 0.1) is 29.1 Å². The average molecular weight is 514 g/mol. The summed E-state index contributed by atoms with van der Waals surface area (Å²) >= 11 is 0. The van der Waals surface area contributed by atoms with Crippen LogP contribution in [0.4, 0.5) is 13.2 Å². The fourth-order valence-electron chi connectivity index (χ4n) is 3.94. The van der Waals surface area contributed by atoms with Gasteiger partial charge in [0, 0.05) is 43.5 Å². The minimum absolute atomic E-state index is 0.0124. The number of β-amino-alcohol motifs (C(OH)–C–C–N with tert-alkyl or cyclic N) is 1. The fourth-order valence-corrected chi connectivity index (χ4v) is 3.94. The van der Waals surface area contributed by atoms with E-state index in [1.54, 1.807) is 36.2 Å². The number of aliphatic hydroxyl groups is 1. The number of alkyl halides is 3. The number of aromatic nitrogens is 5. The highest BCUT2D eigenvalue weighted by atomic mass is 19.4. The molecule has 0 spiro atoms. The molecule has 1 fully saturated rings. The molecule has 4 aromatic rings. The zero-order valence-corrected chi connectivity index (χ0v) is 19.5. The predicted octanol–water partition coefficient (Wildman–Crippen LogP) is 3.34. The number of aliphatic hydroxyl groups excluding tert-OH is 1. The fraction of sp³-hybridized carbons (Fsp3) is 0.292. The lowest BCUT2D eigenvalue weighted by molar-refractivity contribution is -0.137. The second-order valence-corrected chi connectivity index (χ2v) is 8.50. The Labute approximate surface area is 208 Å². The maximum Gasteiger partial charge on any atom is 0.417 e. The Morgan fingerprint density at radius 3 is 2.78 bits per heavy atom. The van der Waals surface area contributed by atoms with Crippen molar-refractivity contribution in [3.8, 4) is 28.7 Å². The van der Waals surface area contributed by atoms with E-state index >= 15 is 0 Å². The van der Waals surface area contributed by atoms with Gasteiger partial charge in [-0.2, -0.15) is 23.3 Å². The van der Waals surface area contributed by atoms with Gasteiger partial charge in [-0.1, -0.05) is 17.3 Å². The van der Waals surface area contributed by atoms with Gasteiger partial charge < -0.3 is 19.3 Å². The number of aryl methyl sites for hydroxylation is 1. The van der Waals surface area contributed by atoms with Crippen molar-refractivity contribution in [3.05, 3.63) is 65.6 Å². The van der Waals surface area contributed by atoms with E-state index in [9.17, 15) is 23.1 Å². The molecule has 0 radical (unpaired) electrons. The molecule has 1 aliphatic rings. The van der Waals surface area contributed by atoms with E-state index in [2.05, 4.69) is 20.2 Å². The summed E-state index contributed by atoms with van der Waals surface area (Å²) in [6.45, 7) is 0.723. The Hall–Kier alpha value is -4.26. The molecule has 1 aromatic carbocycles. The maximum atomic E-state index is 12.8. The van der Waals surface area contributed by atoms with Crippen LogP contribution in [0.2, 0.25) is 0 Å². The number of carbonyl (C=O) groups is 1. The van der Waals surface area contributed by atoms with E-state index in [1.165, 1.54) is 10.9 Å². The number of amides is 1. The van der Waals surface area contributed by atoms with Crippen LogP contribution in [0, 0.1) is 0 Å². The number of benzene rings is 1. The first kappa shape index (κ1) is 24.4.